The van der Waals surface area contributed by atoms with Crippen molar-refractivity contribution >= 4 is 5.78 Å². The van der Waals surface area contributed by atoms with Gasteiger partial charge in [-0.25, -0.2) is 0 Å². The topological polar surface area (TPSA) is 26.3 Å². The van der Waals surface area contributed by atoms with Crippen LogP contribution in [0.5, 0.6) is 0 Å². The summed E-state index contributed by atoms with van der Waals surface area (Å²) in [6.07, 6.45) is 4.92. The molecule has 0 saturated heterocycles. The smallest absolute Gasteiger partial charge is 0.141 e. The second-order valence-electron chi connectivity index (χ2n) is 7.67. The van der Waals surface area contributed by atoms with Crippen LogP contribution in [0.1, 0.15) is 46.5 Å². The van der Waals surface area contributed by atoms with Crippen molar-refractivity contribution in [2.24, 2.45) is 34.5 Å². The molecular weight excluding hydrogens is 224 g/mol. The molecule has 3 saturated carbocycles. The zero-order valence-electron chi connectivity index (χ0n) is 12.2. The van der Waals surface area contributed by atoms with Gasteiger partial charge in [-0.3, -0.25) is 4.79 Å². The van der Waals surface area contributed by atoms with Gasteiger partial charge in [-0.05, 0) is 48.9 Å². The van der Waals surface area contributed by atoms with Gasteiger partial charge in [0.05, 0.1) is 0 Å². The molecule has 3 aliphatic carbocycles. The fourth-order valence-electron chi connectivity index (χ4n) is 5.71. The lowest BCUT2D eigenvalue weighted by Gasteiger charge is -2.44. The molecule has 2 nitrogen and oxygen atoms in total. The quantitative estimate of drug-likeness (QED) is 0.751. The number of carbonyl (C=O) groups is 1. The maximum absolute atomic E-state index is 12.7. The first-order chi connectivity index (χ1) is 8.42. The van der Waals surface area contributed by atoms with Crippen molar-refractivity contribution in [2.75, 3.05) is 13.7 Å². The van der Waals surface area contributed by atoms with Gasteiger partial charge in [0.1, 0.15) is 5.78 Å². The summed E-state index contributed by atoms with van der Waals surface area (Å²) in [5.41, 5.74) is 0.341. The van der Waals surface area contributed by atoms with Crippen LogP contribution in [-0.4, -0.2) is 19.5 Å². The van der Waals surface area contributed by atoms with E-state index in [1.807, 2.05) is 0 Å². The average Bonchev–Trinajstić information content (AvgIpc) is 2.72. The van der Waals surface area contributed by atoms with Crippen molar-refractivity contribution in [3.63, 3.8) is 0 Å². The fourth-order valence-corrected chi connectivity index (χ4v) is 5.71. The van der Waals surface area contributed by atoms with E-state index in [4.69, 9.17) is 4.74 Å². The molecule has 3 aliphatic rings. The number of Topliss-reactive ketones (excluding diaryl/α,β-unsaturated/α-hetero) is 1. The highest BCUT2D eigenvalue weighted by Gasteiger charge is 2.65. The third-order valence-electron chi connectivity index (χ3n) is 6.40. The zero-order chi connectivity index (χ0) is 13.1. The Morgan fingerprint density at radius 3 is 2.72 bits per heavy atom. The summed E-state index contributed by atoms with van der Waals surface area (Å²) < 4.78 is 5.44. The fraction of sp³-hybridized carbons (Fsp3) is 0.938. The van der Waals surface area contributed by atoms with Crippen LogP contribution in [0.4, 0.5) is 0 Å². The third-order valence-corrected chi connectivity index (χ3v) is 6.40. The van der Waals surface area contributed by atoms with E-state index in [0.717, 1.165) is 31.3 Å². The number of ketones is 1. The normalized spacial score (nSPS) is 49.4. The van der Waals surface area contributed by atoms with Gasteiger partial charge in [0, 0.05) is 25.0 Å². The van der Waals surface area contributed by atoms with Crippen LogP contribution in [0.2, 0.25) is 0 Å². The minimum atomic E-state index is -0.109. The summed E-state index contributed by atoms with van der Waals surface area (Å²) in [5, 5.41) is 0. The van der Waals surface area contributed by atoms with Gasteiger partial charge in [-0.1, -0.05) is 20.8 Å². The first-order valence-electron chi connectivity index (χ1n) is 7.45. The van der Waals surface area contributed by atoms with Crippen LogP contribution in [-0.2, 0) is 9.53 Å². The Labute approximate surface area is 110 Å². The SMILES string of the molecule is COC[C@H]1[C@H]2C[C@@]3(CC(C)(C)C2=O)C(C)CC[C@@H]13. The van der Waals surface area contributed by atoms with E-state index in [1.165, 1.54) is 12.8 Å². The van der Waals surface area contributed by atoms with Crippen molar-refractivity contribution in [3.8, 4) is 0 Å². The molecule has 5 atom stereocenters. The van der Waals surface area contributed by atoms with E-state index >= 15 is 0 Å². The molecule has 1 unspecified atom stereocenters. The second kappa shape index (κ2) is 3.82. The van der Waals surface area contributed by atoms with Crippen molar-refractivity contribution in [2.45, 2.75) is 46.5 Å². The summed E-state index contributed by atoms with van der Waals surface area (Å²) in [4.78, 5) is 12.7. The lowest BCUT2D eigenvalue weighted by molar-refractivity contribution is -0.138. The maximum Gasteiger partial charge on any atom is 0.141 e. The van der Waals surface area contributed by atoms with Crippen LogP contribution >= 0.6 is 0 Å². The Balaban J connectivity index is 2.02. The van der Waals surface area contributed by atoms with Gasteiger partial charge >= 0.3 is 0 Å². The number of methoxy groups -OCH3 is 1. The molecule has 0 radical (unpaired) electrons. The Morgan fingerprint density at radius 1 is 1.33 bits per heavy atom. The highest BCUT2D eigenvalue weighted by Crippen LogP contribution is 2.69. The molecule has 0 N–H and O–H groups in total. The van der Waals surface area contributed by atoms with Gasteiger partial charge in [-0.2, -0.15) is 0 Å². The molecule has 0 aliphatic heterocycles. The van der Waals surface area contributed by atoms with Gasteiger partial charge in [0.15, 0.2) is 0 Å². The van der Waals surface area contributed by atoms with E-state index in [2.05, 4.69) is 20.8 Å². The Morgan fingerprint density at radius 2 is 2.06 bits per heavy atom. The van der Waals surface area contributed by atoms with Crippen molar-refractivity contribution in [1.29, 1.82) is 0 Å². The van der Waals surface area contributed by atoms with Crippen molar-refractivity contribution < 1.29 is 9.53 Å². The monoisotopic (exact) mass is 250 g/mol. The highest BCUT2D eigenvalue weighted by atomic mass is 16.5. The predicted molar refractivity (Wildman–Crippen MR) is 71.2 cm³/mol. The summed E-state index contributed by atoms with van der Waals surface area (Å²) in [5.74, 6) is 2.81. The van der Waals surface area contributed by atoms with E-state index in [0.29, 0.717) is 17.1 Å². The molecule has 102 valence electrons. The largest absolute Gasteiger partial charge is 0.384 e. The maximum atomic E-state index is 12.7. The number of rotatable bonds is 2. The summed E-state index contributed by atoms with van der Waals surface area (Å²) in [6.45, 7) is 7.53. The van der Waals surface area contributed by atoms with Gasteiger partial charge in [0.25, 0.3) is 0 Å². The van der Waals surface area contributed by atoms with Crippen LogP contribution in [0.15, 0.2) is 0 Å². The molecule has 1 spiro atoms. The first-order valence-corrected chi connectivity index (χ1v) is 7.45. The van der Waals surface area contributed by atoms with Crippen LogP contribution in [0.3, 0.4) is 0 Å². The number of hydrogen-bond donors (Lipinski definition) is 0. The molecular formula is C16H26O2. The molecule has 0 aromatic carbocycles. The predicted octanol–water partition coefficient (Wildman–Crippen LogP) is 3.30. The van der Waals surface area contributed by atoms with E-state index in [9.17, 15) is 4.79 Å². The minimum Gasteiger partial charge on any atom is -0.384 e. The molecule has 3 fully saturated rings. The molecule has 2 bridgehead atoms. The second-order valence-corrected chi connectivity index (χ2v) is 7.67. The summed E-state index contributed by atoms with van der Waals surface area (Å²) in [6, 6.07) is 0. The Bertz CT molecular complexity index is 373. The molecule has 0 aromatic heterocycles. The molecule has 0 heterocycles. The number of carbonyl (C=O) groups excluding carboxylic acids is 1. The van der Waals surface area contributed by atoms with E-state index < -0.39 is 0 Å². The Kier molecular flexibility index (Phi) is 2.68. The summed E-state index contributed by atoms with van der Waals surface area (Å²) >= 11 is 0. The zero-order valence-corrected chi connectivity index (χ0v) is 12.2. The van der Waals surface area contributed by atoms with Crippen molar-refractivity contribution in [3.05, 3.63) is 0 Å². The molecule has 0 aromatic rings. The van der Waals surface area contributed by atoms with Crippen LogP contribution in [0, 0.1) is 34.5 Å². The van der Waals surface area contributed by atoms with Gasteiger partial charge < -0.3 is 4.74 Å². The standard InChI is InChI=1S/C16H26O2/c1-10-5-6-13-12(8-18-4)11-7-16(10,13)9-15(2,3)14(11)17/h10-13H,5-9H2,1-4H3/t10?,11-,12+,13+,16-/m1/s1. The van der Waals surface area contributed by atoms with E-state index in [1.54, 1.807) is 7.11 Å². The number of ether oxygens (including phenoxy) is 1. The average molecular weight is 250 g/mol. The third kappa shape index (κ3) is 1.41. The summed E-state index contributed by atoms with van der Waals surface area (Å²) in [7, 11) is 1.78. The highest BCUT2D eigenvalue weighted by molar-refractivity contribution is 5.88. The molecule has 2 heteroatoms. The van der Waals surface area contributed by atoms with E-state index in [-0.39, 0.29) is 11.3 Å². The van der Waals surface area contributed by atoms with Crippen LogP contribution < -0.4 is 0 Å². The van der Waals surface area contributed by atoms with Crippen molar-refractivity contribution in [1.82, 2.24) is 0 Å². The van der Waals surface area contributed by atoms with Gasteiger partial charge in [0.2, 0.25) is 0 Å². The first kappa shape index (κ1) is 12.7. The minimum absolute atomic E-state index is 0.109. The number of hydrogen-bond acceptors (Lipinski definition) is 2. The lowest BCUT2D eigenvalue weighted by Crippen LogP contribution is -2.43. The number of fused-ring (bicyclic) bond motifs is 1. The Hall–Kier alpha value is -0.370. The molecule has 0 amide bonds. The van der Waals surface area contributed by atoms with Gasteiger partial charge in [-0.15, -0.1) is 0 Å². The lowest BCUT2D eigenvalue weighted by atomic mass is 9.59. The molecule has 3 rings (SSSR count). The van der Waals surface area contributed by atoms with Crippen LogP contribution in [0.25, 0.3) is 0 Å². The molecule has 18 heavy (non-hydrogen) atoms.